The second-order valence-corrected chi connectivity index (χ2v) is 5.49. The van der Waals surface area contributed by atoms with Crippen LogP contribution >= 0.6 is 23.2 Å². The molecule has 1 N–H and O–H groups in total. The van der Waals surface area contributed by atoms with Crippen LogP contribution in [0.15, 0.2) is 12.1 Å². The standard InChI is InChI=1S/C14H15Cl2N3O/c1-7-5-8(2)17-9(3)12(7)18-14(20)11-6-10(15)13(16)19(11)4/h5-6H,1-4H3,(H,18,20). The van der Waals surface area contributed by atoms with E-state index in [9.17, 15) is 4.79 Å². The highest BCUT2D eigenvalue weighted by Gasteiger charge is 2.17. The van der Waals surface area contributed by atoms with Crippen molar-refractivity contribution < 1.29 is 4.79 Å². The SMILES string of the molecule is Cc1cc(C)c(NC(=O)c2cc(Cl)c(Cl)n2C)c(C)n1. The lowest BCUT2D eigenvalue weighted by Gasteiger charge is -2.12. The molecular weight excluding hydrogens is 297 g/mol. The topological polar surface area (TPSA) is 46.9 Å². The van der Waals surface area contributed by atoms with E-state index in [-0.39, 0.29) is 5.91 Å². The van der Waals surface area contributed by atoms with E-state index >= 15 is 0 Å². The van der Waals surface area contributed by atoms with Gasteiger partial charge in [0.25, 0.3) is 5.91 Å². The summed E-state index contributed by atoms with van der Waals surface area (Å²) in [4.78, 5) is 16.7. The summed E-state index contributed by atoms with van der Waals surface area (Å²) in [6.07, 6.45) is 0. The van der Waals surface area contributed by atoms with Crippen LogP contribution in [0.1, 0.15) is 27.4 Å². The molecule has 0 aliphatic rings. The van der Waals surface area contributed by atoms with Crippen molar-refractivity contribution in [2.75, 3.05) is 5.32 Å². The Kier molecular flexibility index (Phi) is 4.06. The number of carbonyl (C=O) groups excluding carboxylic acids is 1. The lowest BCUT2D eigenvalue weighted by Crippen LogP contribution is -2.17. The van der Waals surface area contributed by atoms with Gasteiger partial charge >= 0.3 is 0 Å². The van der Waals surface area contributed by atoms with E-state index in [1.54, 1.807) is 17.7 Å². The van der Waals surface area contributed by atoms with E-state index in [0.29, 0.717) is 21.6 Å². The van der Waals surface area contributed by atoms with Gasteiger partial charge in [0.1, 0.15) is 10.8 Å². The van der Waals surface area contributed by atoms with Crippen LogP contribution in [-0.4, -0.2) is 15.5 Å². The number of aromatic nitrogens is 2. The van der Waals surface area contributed by atoms with Gasteiger partial charge in [-0.25, -0.2) is 0 Å². The van der Waals surface area contributed by atoms with Gasteiger partial charge in [-0.05, 0) is 38.5 Å². The molecule has 20 heavy (non-hydrogen) atoms. The van der Waals surface area contributed by atoms with Crippen LogP contribution < -0.4 is 5.32 Å². The summed E-state index contributed by atoms with van der Waals surface area (Å²) in [5, 5.41) is 3.56. The first-order valence-electron chi connectivity index (χ1n) is 6.08. The van der Waals surface area contributed by atoms with Gasteiger partial charge in [-0.1, -0.05) is 23.2 Å². The fourth-order valence-electron chi connectivity index (χ4n) is 2.15. The lowest BCUT2D eigenvalue weighted by molar-refractivity contribution is 0.101. The molecule has 0 unspecified atom stereocenters. The predicted molar refractivity (Wildman–Crippen MR) is 81.8 cm³/mol. The molecule has 0 saturated carbocycles. The number of nitrogens with zero attached hydrogens (tertiary/aromatic N) is 2. The average Bonchev–Trinajstić information content (AvgIpc) is 2.61. The van der Waals surface area contributed by atoms with Crippen molar-refractivity contribution in [3.8, 4) is 0 Å². The maximum Gasteiger partial charge on any atom is 0.272 e. The summed E-state index contributed by atoms with van der Waals surface area (Å²) < 4.78 is 1.55. The largest absolute Gasteiger partial charge is 0.329 e. The molecule has 0 aliphatic heterocycles. The Hall–Kier alpha value is -1.52. The van der Waals surface area contributed by atoms with Gasteiger partial charge in [0, 0.05) is 12.7 Å². The molecule has 6 heteroatoms. The van der Waals surface area contributed by atoms with Gasteiger partial charge in [0.15, 0.2) is 0 Å². The highest BCUT2D eigenvalue weighted by atomic mass is 35.5. The van der Waals surface area contributed by atoms with Crippen LogP contribution in [-0.2, 0) is 7.05 Å². The molecule has 106 valence electrons. The Morgan fingerprint density at radius 1 is 1.25 bits per heavy atom. The minimum Gasteiger partial charge on any atom is -0.329 e. The zero-order chi connectivity index (χ0) is 15.0. The van der Waals surface area contributed by atoms with Crippen molar-refractivity contribution in [1.82, 2.24) is 9.55 Å². The molecule has 0 saturated heterocycles. The normalized spacial score (nSPS) is 10.7. The lowest BCUT2D eigenvalue weighted by atomic mass is 10.1. The Labute approximate surface area is 127 Å². The van der Waals surface area contributed by atoms with Gasteiger partial charge in [0.2, 0.25) is 0 Å². The van der Waals surface area contributed by atoms with Crippen molar-refractivity contribution in [3.05, 3.63) is 45.0 Å². The third-order valence-electron chi connectivity index (χ3n) is 3.11. The quantitative estimate of drug-likeness (QED) is 0.914. The van der Waals surface area contributed by atoms with E-state index in [4.69, 9.17) is 23.2 Å². The number of hydrogen-bond acceptors (Lipinski definition) is 2. The average molecular weight is 312 g/mol. The van der Waals surface area contributed by atoms with Crippen molar-refractivity contribution >= 4 is 34.8 Å². The maximum atomic E-state index is 12.3. The summed E-state index contributed by atoms with van der Waals surface area (Å²) in [6, 6.07) is 3.47. The predicted octanol–water partition coefficient (Wildman–Crippen LogP) is 3.90. The molecule has 2 aromatic heterocycles. The number of carbonyl (C=O) groups is 1. The fourth-order valence-corrected chi connectivity index (χ4v) is 2.53. The number of amides is 1. The van der Waals surface area contributed by atoms with Gasteiger partial charge < -0.3 is 9.88 Å². The van der Waals surface area contributed by atoms with Crippen molar-refractivity contribution in [1.29, 1.82) is 0 Å². The molecule has 0 bridgehead atoms. The Bertz CT molecular complexity index is 669. The number of pyridine rings is 1. The fraction of sp³-hybridized carbons (Fsp3) is 0.286. The summed E-state index contributed by atoms with van der Waals surface area (Å²) in [7, 11) is 1.69. The molecule has 0 radical (unpaired) electrons. The second-order valence-electron chi connectivity index (χ2n) is 4.72. The smallest absolute Gasteiger partial charge is 0.272 e. The zero-order valence-electron chi connectivity index (χ0n) is 11.7. The van der Waals surface area contributed by atoms with E-state index in [0.717, 1.165) is 17.0 Å². The number of anilines is 1. The van der Waals surface area contributed by atoms with E-state index < -0.39 is 0 Å². The molecule has 2 heterocycles. The second kappa shape index (κ2) is 5.46. The van der Waals surface area contributed by atoms with Gasteiger partial charge in [-0.3, -0.25) is 9.78 Å². The summed E-state index contributed by atoms with van der Waals surface area (Å²) in [6.45, 7) is 5.71. The van der Waals surface area contributed by atoms with Gasteiger partial charge in [-0.15, -0.1) is 0 Å². The van der Waals surface area contributed by atoms with Crippen LogP contribution in [0.2, 0.25) is 10.2 Å². The summed E-state index contributed by atoms with van der Waals surface area (Å²) in [5.74, 6) is -0.266. The molecule has 2 aromatic rings. The van der Waals surface area contributed by atoms with Crippen molar-refractivity contribution in [2.24, 2.45) is 7.05 Å². The summed E-state index contributed by atoms with van der Waals surface area (Å²) in [5.41, 5.74) is 3.79. The molecule has 0 spiro atoms. The molecule has 2 rings (SSSR count). The zero-order valence-corrected chi connectivity index (χ0v) is 13.2. The first kappa shape index (κ1) is 14.9. The maximum absolute atomic E-state index is 12.3. The number of rotatable bonds is 2. The van der Waals surface area contributed by atoms with Crippen LogP contribution in [0.3, 0.4) is 0 Å². The molecule has 0 aliphatic carbocycles. The Morgan fingerprint density at radius 2 is 1.90 bits per heavy atom. The first-order valence-corrected chi connectivity index (χ1v) is 6.83. The third-order valence-corrected chi connectivity index (χ3v) is 3.96. The van der Waals surface area contributed by atoms with E-state index in [1.807, 2.05) is 26.8 Å². The van der Waals surface area contributed by atoms with Crippen LogP contribution in [0, 0.1) is 20.8 Å². The number of halogens is 2. The Balaban J connectivity index is 2.35. The van der Waals surface area contributed by atoms with E-state index in [1.165, 1.54) is 0 Å². The molecule has 0 fully saturated rings. The highest BCUT2D eigenvalue weighted by Crippen LogP contribution is 2.26. The number of hydrogen-bond donors (Lipinski definition) is 1. The highest BCUT2D eigenvalue weighted by molar-refractivity contribution is 6.42. The minimum atomic E-state index is -0.266. The monoisotopic (exact) mass is 311 g/mol. The molecule has 0 aromatic carbocycles. The minimum absolute atomic E-state index is 0.266. The molecule has 1 amide bonds. The third kappa shape index (κ3) is 2.67. The van der Waals surface area contributed by atoms with Gasteiger partial charge in [0.05, 0.1) is 16.4 Å². The van der Waals surface area contributed by atoms with Crippen molar-refractivity contribution in [3.63, 3.8) is 0 Å². The van der Waals surface area contributed by atoms with Crippen LogP contribution in [0.25, 0.3) is 0 Å². The van der Waals surface area contributed by atoms with Crippen LogP contribution in [0.5, 0.6) is 0 Å². The van der Waals surface area contributed by atoms with E-state index in [2.05, 4.69) is 10.3 Å². The Morgan fingerprint density at radius 3 is 2.40 bits per heavy atom. The molecular formula is C14H15Cl2N3O. The van der Waals surface area contributed by atoms with Crippen molar-refractivity contribution in [2.45, 2.75) is 20.8 Å². The first-order chi connectivity index (χ1) is 9.31. The number of aryl methyl sites for hydroxylation is 3. The van der Waals surface area contributed by atoms with Gasteiger partial charge in [-0.2, -0.15) is 0 Å². The number of nitrogens with one attached hydrogen (secondary N) is 1. The van der Waals surface area contributed by atoms with Crippen LogP contribution in [0.4, 0.5) is 5.69 Å². The summed E-state index contributed by atoms with van der Waals surface area (Å²) >= 11 is 11.9. The molecule has 4 nitrogen and oxygen atoms in total. The molecule has 0 atom stereocenters.